The van der Waals surface area contributed by atoms with Crippen molar-refractivity contribution in [3.05, 3.63) is 0 Å². The summed E-state index contributed by atoms with van der Waals surface area (Å²) in [6.07, 6.45) is 21.7. The maximum Gasteiger partial charge on any atom is 0.0465 e. The van der Waals surface area contributed by atoms with Crippen molar-refractivity contribution >= 4 is 0 Å². The molecular weight excluding hydrogens is 272 g/mol. The Bertz CT molecular complexity index is 163. The lowest BCUT2D eigenvalue weighted by molar-refractivity contribution is 0.143. The molecule has 0 spiro atoms. The van der Waals surface area contributed by atoms with E-state index in [0.29, 0.717) is 6.61 Å². The second-order valence-corrected chi connectivity index (χ2v) is 6.58. The maximum absolute atomic E-state index is 8.70. The molecule has 0 amide bonds. The first-order chi connectivity index (χ1) is 10.9. The van der Waals surface area contributed by atoms with Gasteiger partial charge in [-0.1, -0.05) is 89.9 Å². The number of rotatable bonds is 19. The molecule has 0 aliphatic carbocycles. The third kappa shape index (κ3) is 19.9. The Morgan fingerprint density at radius 1 is 0.500 bits per heavy atom. The van der Waals surface area contributed by atoms with Crippen LogP contribution in [0.1, 0.15) is 110 Å². The molecule has 0 rings (SSSR count). The quantitative estimate of drug-likeness (QED) is 0.285. The van der Waals surface area contributed by atoms with E-state index in [1.54, 1.807) is 0 Å². The van der Waals surface area contributed by atoms with Crippen LogP contribution in [-0.4, -0.2) is 24.9 Å². The SMILES string of the molecule is CCOCCCCCCCCCCCCCCCCCCO. The van der Waals surface area contributed by atoms with Crippen molar-refractivity contribution < 1.29 is 9.84 Å². The van der Waals surface area contributed by atoms with E-state index in [0.717, 1.165) is 19.6 Å². The number of aliphatic hydroxyl groups is 1. The molecule has 0 saturated heterocycles. The Labute approximate surface area is 140 Å². The Morgan fingerprint density at radius 2 is 0.818 bits per heavy atom. The highest BCUT2D eigenvalue weighted by molar-refractivity contribution is 4.50. The van der Waals surface area contributed by atoms with Crippen LogP contribution < -0.4 is 0 Å². The summed E-state index contributed by atoms with van der Waals surface area (Å²) in [5.74, 6) is 0. The lowest BCUT2D eigenvalue weighted by Gasteiger charge is -2.04. The minimum absolute atomic E-state index is 0.368. The third-order valence-electron chi connectivity index (χ3n) is 4.40. The van der Waals surface area contributed by atoms with Gasteiger partial charge >= 0.3 is 0 Å². The summed E-state index contributed by atoms with van der Waals surface area (Å²) in [5.41, 5.74) is 0. The molecule has 0 radical (unpaired) electrons. The minimum Gasteiger partial charge on any atom is -0.396 e. The molecule has 0 aromatic heterocycles. The molecule has 0 atom stereocenters. The number of unbranched alkanes of at least 4 members (excludes halogenated alkanes) is 15. The number of ether oxygens (including phenoxy) is 1. The van der Waals surface area contributed by atoms with Gasteiger partial charge in [-0.3, -0.25) is 0 Å². The standard InChI is InChI=1S/C20H42O2/c1-2-22-20-18-16-14-12-10-8-6-4-3-5-7-9-11-13-15-17-19-21/h21H,2-20H2,1H3. The summed E-state index contributed by atoms with van der Waals surface area (Å²) in [5, 5.41) is 8.70. The first-order valence-electron chi connectivity index (χ1n) is 10.1. The molecule has 0 aliphatic rings. The van der Waals surface area contributed by atoms with E-state index < -0.39 is 0 Å². The lowest BCUT2D eigenvalue weighted by atomic mass is 10.0. The van der Waals surface area contributed by atoms with Crippen LogP contribution in [0.15, 0.2) is 0 Å². The average Bonchev–Trinajstić information content (AvgIpc) is 2.54. The van der Waals surface area contributed by atoms with Crippen LogP contribution >= 0.6 is 0 Å². The van der Waals surface area contributed by atoms with E-state index in [2.05, 4.69) is 6.92 Å². The Kier molecular flexibility index (Phi) is 20.8. The van der Waals surface area contributed by atoms with E-state index in [1.165, 1.54) is 96.3 Å². The molecule has 22 heavy (non-hydrogen) atoms. The fourth-order valence-electron chi connectivity index (χ4n) is 2.94. The topological polar surface area (TPSA) is 29.5 Å². The predicted molar refractivity (Wildman–Crippen MR) is 97.5 cm³/mol. The fraction of sp³-hybridized carbons (Fsp3) is 1.00. The van der Waals surface area contributed by atoms with Gasteiger partial charge in [-0.2, -0.15) is 0 Å². The van der Waals surface area contributed by atoms with Crippen LogP contribution in [0, 0.1) is 0 Å². The first kappa shape index (κ1) is 21.9. The fourth-order valence-corrected chi connectivity index (χ4v) is 2.94. The minimum atomic E-state index is 0.368. The molecular formula is C20H42O2. The smallest absolute Gasteiger partial charge is 0.0465 e. The number of aliphatic hydroxyl groups excluding tert-OH is 1. The van der Waals surface area contributed by atoms with Gasteiger partial charge < -0.3 is 9.84 Å². The first-order valence-corrected chi connectivity index (χ1v) is 10.1. The highest BCUT2D eigenvalue weighted by Gasteiger charge is 1.94. The predicted octanol–water partition coefficient (Wildman–Crippen LogP) is 6.26. The van der Waals surface area contributed by atoms with Gasteiger partial charge in [0.25, 0.3) is 0 Å². The number of hydrogen-bond donors (Lipinski definition) is 1. The molecule has 2 heteroatoms. The van der Waals surface area contributed by atoms with Crippen LogP contribution in [0.25, 0.3) is 0 Å². The van der Waals surface area contributed by atoms with Gasteiger partial charge in [0.05, 0.1) is 0 Å². The van der Waals surface area contributed by atoms with Gasteiger partial charge in [0.15, 0.2) is 0 Å². The largest absolute Gasteiger partial charge is 0.396 e. The monoisotopic (exact) mass is 314 g/mol. The summed E-state index contributed by atoms with van der Waals surface area (Å²) in [4.78, 5) is 0. The van der Waals surface area contributed by atoms with E-state index in [9.17, 15) is 0 Å². The molecule has 2 nitrogen and oxygen atoms in total. The zero-order valence-electron chi connectivity index (χ0n) is 15.3. The van der Waals surface area contributed by atoms with E-state index in [4.69, 9.17) is 9.84 Å². The van der Waals surface area contributed by atoms with E-state index in [-0.39, 0.29) is 0 Å². The molecule has 0 heterocycles. The molecule has 0 aromatic carbocycles. The molecule has 0 bridgehead atoms. The van der Waals surface area contributed by atoms with Crippen LogP contribution in [0.5, 0.6) is 0 Å². The molecule has 0 aliphatic heterocycles. The second kappa shape index (κ2) is 20.9. The van der Waals surface area contributed by atoms with Crippen LogP contribution in [0.2, 0.25) is 0 Å². The summed E-state index contributed by atoms with van der Waals surface area (Å²) >= 11 is 0. The van der Waals surface area contributed by atoms with Crippen molar-refractivity contribution in [2.75, 3.05) is 19.8 Å². The van der Waals surface area contributed by atoms with Gasteiger partial charge in [0, 0.05) is 19.8 Å². The molecule has 0 aromatic rings. The summed E-state index contributed by atoms with van der Waals surface area (Å²) in [6, 6.07) is 0. The molecule has 0 saturated carbocycles. The Balaban J connectivity index is 2.91. The van der Waals surface area contributed by atoms with E-state index >= 15 is 0 Å². The number of hydrogen-bond acceptors (Lipinski definition) is 2. The second-order valence-electron chi connectivity index (χ2n) is 6.58. The highest BCUT2D eigenvalue weighted by Crippen LogP contribution is 2.13. The summed E-state index contributed by atoms with van der Waals surface area (Å²) in [6.45, 7) is 4.26. The molecule has 0 unspecified atom stereocenters. The van der Waals surface area contributed by atoms with Gasteiger partial charge in [-0.15, -0.1) is 0 Å². The molecule has 134 valence electrons. The van der Waals surface area contributed by atoms with Crippen molar-refractivity contribution in [2.45, 2.75) is 110 Å². The van der Waals surface area contributed by atoms with E-state index in [1.807, 2.05) is 0 Å². The lowest BCUT2D eigenvalue weighted by Crippen LogP contribution is -1.92. The maximum atomic E-state index is 8.70. The van der Waals surface area contributed by atoms with Crippen LogP contribution in [0.3, 0.4) is 0 Å². The zero-order chi connectivity index (χ0) is 16.1. The molecule has 0 fully saturated rings. The molecule has 1 N–H and O–H groups in total. The Morgan fingerprint density at radius 3 is 1.14 bits per heavy atom. The van der Waals surface area contributed by atoms with Gasteiger partial charge in [0.2, 0.25) is 0 Å². The van der Waals surface area contributed by atoms with Crippen LogP contribution in [0.4, 0.5) is 0 Å². The average molecular weight is 315 g/mol. The van der Waals surface area contributed by atoms with Crippen molar-refractivity contribution in [1.82, 2.24) is 0 Å². The van der Waals surface area contributed by atoms with Gasteiger partial charge in [-0.25, -0.2) is 0 Å². The third-order valence-corrected chi connectivity index (χ3v) is 4.40. The van der Waals surface area contributed by atoms with Crippen molar-refractivity contribution in [3.8, 4) is 0 Å². The van der Waals surface area contributed by atoms with Gasteiger partial charge in [0.1, 0.15) is 0 Å². The highest BCUT2D eigenvalue weighted by atomic mass is 16.5. The summed E-state index contributed by atoms with van der Waals surface area (Å²) in [7, 11) is 0. The normalized spacial score (nSPS) is 11.2. The van der Waals surface area contributed by atoms with Crippen molar-refractivity contribution in [3.63, 3.8) is 0 Å². The van der Waals surface area contributed by atoms with Crippen molar-refractivity contribution in [1.29, 1.82) is 0 Å². The van der Waals surface area contributed by atoms with Crippen molar-refractivity contribution in [2.24, 2.45) is 0 Å². The van der Waals surface area contributed by atoms with Crippen LogP contribution in [-0.2, 0) is 4.74 Å². The zero-order valence-corrected chi connectivity index (χ0v) is 15.3. The Hall–Kier alpha value is -0.0800. The van der Waals surface area contributed by atoms with Gasteiger partial charge in [-0.05, 0) is 19.8 Å². The summed E-state index contributed by atoms with van der Waals surface area (Å²) < 4.78 is 5.35.